The zero-order valence-corrected chi connectivity index (χ0v) is 16.0. The highest BCUT2D eigenvalue weighted by Crippen LogP contribution is 2.21. The number of anilines is 3. The molecule has 4 N–H and O–H groups in total. The summed E-state index contributed by atoms with van der Waals surface area (Å²) in [4.78, 5) is 29.1. The van der Waals surface area contributed by atoms with Crippen LogP contribution in [0.1, 0.15) is 15.9 Å². The molecule has 11 heteroatoms. The van der Waals surface area contributed by atoms with Crippen molar-refractivity contribution < 1.29 is 4.79 Å². The Morgan fingerprint density at radius 1 is 1.24 bits per heavy atom. The summed E-state index contributed by atoms with van der Waals surface area (Å²) in [7, 11) is 3.48. The van der Waals surface area contributed by atoms with Crippen LogP contribution in [0.3, 0.4) is 0 Å². The lowest BCUT2D eigenvalue weighted by atomic mass is 10.2. The minimum Gasteiger partial charge on any atom is -0.373 e. The summed E-state index contributed by atoms with van der Waals surface area (Å²) in [6.07, 6.45) is 4.72. The van der Waals surface area contributed by atoms with Gasteiger partial charge in [-0.3, -0.25) is 18.8 Å². The van der Waals surface area contributed by atoms with E-state index in [4.69, 9.17) is 5.73 Å². The Labute approximate surface area is 164 Å². The SMILES string of the molecule is CNc1cc(Nc2cc(C)cn(-c3ccnn3C)c2=O)nc2c(C(N)=O)cnn12. The molecule has 0 radical (unpaired) electrons. The molecule has 0 aromatic carbocycles. The van der Waals surface area contributed by atoms with E-state index >= 15 is 0 Å². The second-order valence-corrected chi connectivity index (χ2v) is 6.48. The molecule has 0 saturated heterocycles. The summed E-state index contributed by atoms with van der Waals surface area (Å²) in [6.45, 7) is 1.88. The summed E-state index contributed by atoms with van der Waals surface area (Å²) in [6, 6.07) is 5.16. The van der Waals surface area contributed by atoms with E-state index in [1.807, 2.05) is 6.92 Å². The van der Waals surface area contributed by atoms with Gasteiger partial charge in [-0.15, -0.1) is 0 Å². The first-order valence-corrected chi connectivity index (χ1v) is 8.74. The Balaban J connectivity index is 1.84. The van der Waals surface area contributed by atoms with Crippen LogP contribution in [0.4, 0.5) is 17.3 Å². The van der Waals surface area contributed by atoms with E-state index in [1.54, 1.807) is 49.4 Å². The number of rotatable bonds is 5. The fourth-order valence-corrected chi connectivity index (χ4v) is 3.10. The monoisotopic (exact) mass is 393 g/mol. The molecule has 0 aliphatic rings. The lowest BCUT2D eigenvalue weighted by Gasteiger charge is -2.13. The Bertz CT molecular complexity index is 1300. The van der Waals surface area contributed by atoms with Gasteiger partial charge in [0.15, 0.2) is 5.65 Å². The van der Waals surface area contributed by atoms with Gasteiger partial charge in [0.25, 0.3) is 11.5 Å². The molecule has 4 aromatic heterocycles. The molecule has 29 heavy (non-hydrogen) atoms. The van der Waals surface area contributed by atoms with Crippen molar-refractivity contribution in [3.05, 3.63) is 58.3 Å². The van der Waals surface area contributed by atoms with Gasteiger partial charge >= 0.3 is 0 Å². The number of amides is 1. The smallest absolute Gasteiger partial charge is 0.280 e. The molecule has 0 aliphatic carbocycles. The number of nitrogens with one attached hydrogen (secondary N) is 2. The fourth-order valence-electron chi connectivity index (χ4n) is 3.10. The molecule has 148 valence electrons. The maximum Gasteiger partial charge on any atom is 0.280 e. The van der Waals surface area contributed by atoms with Gasteiger partial charge in [-0.25, -0.2) is 4.98 Å². The predicted molar refractivity (Wildman–Crippen MR) is 108 cm³/mol. The van der Waals surface area contributed by atoms with Crippen molar-refractivity contribution in [2.75, 3.05) is 17.7 Å². The molecule has 0 fully saturated rings. The van der Waals surface area contributed by atoms with Crippen molar-refractivity contribution in [2.24, 2.45) is 12.8 Å². The lowest BCUT2D eigenvalue weighted by Crippen LogP contribution is -2.23. The molecule has 1 amide bonds. The van der Waals surface area contributed by atoms with Crippen LogP contribution in [0.15, 0.2) is 41.6 Å². The second kappa shape index (κ2) is 6.78. The zero-order valence-electron chi connectivity index (χ0n) is 16.0. The first kappa shape index (κ1) is 18.2. The number of nitrogens with two attached hydrogens (primary N) is 1. The Kier molecular flexibility index (Phi) is 4.26. The highest BCUT2D eigenvalue weighted by atomic mass is 16.1. The van der Waals surface area contributed by atoms with E-state index in [0.29, 0.717) is 23.1 Å². The number of hydrogen-bond donors (Lipinski definition) is 3. The molecular formula is C18H19N9O2. The van der Waals surface area contributed by atoms with E-state index in [9.17, 15) is 9.59 Å². The summed E-state index contributed by atoms with van der Waals surface area (Å²) < 4.78 is 4.59. The van der Waals surface area contributed by atoms with Gasteiger partial charge in [0.2, 0.25) is 0 Å². The van der Waals surface area contributed by atoms with Gasteiger partial charge in [-0.05, 0) is 18.6 Å². The molecular weight excluding hydrogens is 374 g/mol. The van der Waals surface area contributed by atoms with Crippen LogP contribution in [-0.4, -0.2) is 41.9 Å². The van der Waals surface area contributed by atoms with Gasteiger partial charge in [0, 0.05) is 32.4 Å². The first-order chi connectivity index (χ1) is 13.9. The largest absolute Gasteiger partial charge is 0.373 e. The van der Waals surface area contributed by atoms with Gasteiger partial charge in [-0.1, -0.05) is 0 Å². The molecule has 0 bridgehead atoms. The molecule has 0 spiro atoms. The minimum absolute atomic E-state index is 0.182. The number of nitrogens with zero attached hydrogens (tertiary/aromatic N) is 6. The Hall–Kier alpha value is -4.15. The van der Waals surface area contributed by atoms with Crippen LogP contribution in [0.2, 0.25) is 0 Å². The van der Waals surface area contributed by atoms with Crippen LogP contribution in [-0.2, 0) is 7.05 Å². The van der Waals surface area contributed by atoms with Crippen molar-refractivity contribution in [3.8, 4) is 5.82 Å². The van der Waals surface area contributed by atoms with Crippen LogP contribution in [0.5, 0.6) is 0 Å². The van der Waals surface area contributed by atoms with Crippen LogP contribution in [0.25, 0.3) is 11.5 Å². The number of aryl methyl sites for hydroxylation is 2. The number of carbonyl (C=O) groups excluding carboxylic acids is 1. The highest BCUT2D eigenvalue weighted by Gasteiger charge is 2.16. The standard InChI is InChI=1S/C18H19N9O2/c1-10-6-12(18(29)26(9-10)15-4-5-21-25(15)3)23-13-7-14(20-2)27-17(24-13)11(8-22-27)16(19)28/h4-9,20H,1-3H3,(H2,19,28)(H,23,24). The van der Waals surface area contributed by atoms with Crippen LogP contribution in [0, 0.1) is 6.92 Å². The van der Waals surface area contributed by atoms with Crippen molar-refractivity contribution in [3.63, 3.8) is 0 Å². The third kappa shape index (κ3) is 3.08. The maximum atomic E-state index is 13.0. The predicted octanol–water partition coefficient (Wildman–Crippen LogP) is 0.806. The fraction of sp³-hybridized carbons (Fsp3) is 0.167. The average molecular weight is 393 g/mol. The number of hydrogen-bond acceptors (Lipinski definition) is 7. The normalized spacial score (nSPS) is 11.0. The molecule has 0 atom stereocenters. The second-order valence-electron chi connectivity index (χ2n) is 6.48. The number of carbonyl (C=O) groups is 1. The zero-order chi connectivity index (χ0) is 20.7. The maximum absolute atomic E-state index is 13.0. The Morgan fingerprint density at radius 3 is 2.69 bits per heavy atom. The summed E-state index contributed by atoms with van der Waals surface area (Å²) in [5, 5.41) is 14.3. The molecule has 4 heterocycles. The van der Waals surface area contributed by atoms with Crippen LogP contribution >= 0.6 is 0 Å². The van der Waals surface area contributed by atoms with Crippen molar-refractivity contribution >= 4 is 28.9 Å². The number of aromatic nitrogens is 6. The minimum atomic E-state index is -0.638. The van der Waals surface area contributed by atoms with E-state index in [0.717, 1.165) is 5.56 Å². The number of fused-ring (bicyclic) bond motifs is 1. The van der Waals surface area contributed by atoms with Gasteiger partial charge < -0.3 is 16.4 Å². The topological polar surface area (TPSA) is 137 Å². The lowest BCUT2D eigenvalue weighted by molar-refractivity contribution is 0.100. The van der Waals surface area contributed by atoms with E-state index in [2.05, 4.69) is 25.8 Å². The van der Waals surface area contributed by atoms with Crippen molar-refractivity contribution in [1.82, 2.24) is 28.9 Å². The van der Waals surface area contributed by atoms with Gasteiger partial charge in [0.1, 0.15) is 28.7 Å². The van der Waals surface area contributed by atoms with E-state index < -0.39 is 5.91 Å². The first-order valence-electron chi connectivity index (χ1n) is 8.74. The quantitative estimate of drug-likeness (QED) is 0.456. The summed E-state index contributed by atoms with van der Waals surface area (Å²) in [5.41, 5.74) is 6.80. The number of pyridine rings is 1. The molecule has 4 rings (SSSR count). The van der Waals surface area contributed by atoms with Gasteiger partial charge in [-0.2, -0.15) is 14.7 Å². The summed E-state index contributed by atoms with van der Waals surface area (Å²) >= 11 is 0. The van der Waals surface area contributed by atoms with Gasteiger partial charge in [0.05, 0.1) is 12.4 Å². The van der Waals surface area contributed by atoms with Crippen molar-refractivity contribution in [1.29, 1.82) is 0 Å². The molecule has 4 aromatic rings. The summed E-state index contributed by atoms with van der Waals surface area (Å²) in [5.74, 6) is 0.933. The molecule has 0 unspecified atom stereocenters. The van der Waals surface area contributed by atoms with E-state index in [-0.39, 0.29) is 16.8 Å². The molecule has 0 saturated carbocycles. The third-order valence-corrected chi connectivity index (χ3v) is 4.45. The van der Waals surface area contributed by atoms with Crippen LogP contribution < -0.4 is 21.9 Å². The average Bonchev–Trinajstić information content (AvgIpc) is 3.30. The highest BCUT2D eigenvalue weighted by molar-refractivity contribution is 5.98. The van der Waals surface area contributed by atoms with E-state index in [1.165, 1.54) is 15.3 Å². The third-order valence-electron chi connectivity index (χ3n) is 4.45. The molecule has 0 aliphatic heterocycles. The Morgan fingerprint density at radius 2 is 2.03 bits per heavy atom. The molecule has 11 nitrogen and oxygen atoms in total. The number of primary amides is 1. The van der Waals surface area contributed by atoms with Crippen molar-refractivity contribution in [2.45, 2.75) is 6.92 Å².